The molecule has 3 fully saturated rings. The average Bonchev–Trinajstić information content (AvgIpc) is 3.02. The number of hydrogen-bond acceptors (Lipinski definition) is 3. The predicted molar refractivity (Wildman–Crippen MR) is 121 cm³/mol. The Bertz CT molecular complexity index is 711. The van der Waals surface area contributed by atoms with Gasteiger partial charge in [-0.3, -0.25) is 4.79 Å². The molecule has 8 atom stereocenters. The molecule has 0 aromatic rings. The molecule has 4 aliphatic rings. The van der Waals surface area contributed by atoms with E-state index in [2.05, 4.69) is 34.6 Å². The lowest BCUT2D eigenvalue weighted by atomic mass is 9.45. The van der Waals surface area contributed by atoms with Gasteiger partial charge in [-0.25, -0.2) is 0 Å². The molecular weight excluding hydrogens is 372 g/mol. The van der Waals surface area contributed by atoms with Gasteiger partial charge in [0.2, 0.25) is 0 Å². The van der Waals surface area contributed by atoms with E-state index in [0.29, 0.717) is 30.6 Å². The van der Waals surface area contributed by atoms with Crippen LogP contribution in [0.25, 0.3) is 0 Å². The summed E-state index contributed by atoms with van der Waals surface area (Å²) in [6.07, 6.45) is 11.5. The number of ketones is 1. The van der Waals surface area contributed by atoms with Crippen molar-refractivity contribution in [3.05, 3.63) is 11.6 Å². The Hall–Kier alpha value is -0.670. The van der Waals surface area contributed by atoms with Gasteiger partial charge in [0.05, 0.1) is 11.7 Å². The highest BCUT2D eigenvalue weighted by atomic mass is 16.3. The van der Waals surface area contributed by atoms with E-state index in [1.807, 2.05) is 6.08 Å². The first kappa shape index (κ1) is 22.5. The quantitative estimate of drug-likeness (QED) is 0.606. The Balaban J connectivity index is 1.60. The summed E-state index contributed by atoms with van der Waals surface area (Å²) < 4.78 is 0. The highest BCUT2D eigenvalue weighted by Gasteiger charge is 2.66. The topological polar surface area (TPSA) is 57.5 Å². The minimum absolute atomic E-state index is 0.161. The fraction of sp³-hybridized carbons (Fsp3) is 0.889. The number of carbonyl (C=O) groups is 1. The first-order valence-corrected chi connectivity index (χ1v) is 12.7. The normalized spacial score (nSPS) is 46.8. The first-order valence-electron chi connectivity index (χ1n) is 12.7. The van der Waals surface area contributed by atoms with E-state index >= 15 is 0 Å². The summed E-state index contributed by atoms with van der Waals surface area (Å²) in [7, 11) is 0. The summed E-state index contributed by atoms with van der Waals surface area (Å²) in [5.41, 5.74) is -0.0257. The van der Waals surface area contributed by atoms with E-state index in [-0.39, 0.29) is 17.1 Å². The van der Waals surface area contributed by atoms with Crippen LogP contribution in [0.15, 0.2) is 11.6 Å². The minimum Gasteiger partial charge on any atom is -0.393 e. The van der Waals surface area contributed by atoms with Crippen molar-refractivity contribution in [1.82, 2.24) is 0 Å². The van der Waals surface area contributed by atoms with E-state index in [4.69, 9.17) is 0 Å². The molecule has 0 radical (unpaired) electrons. The van der Waals surface area contributed by atoms with E-state index in [9.17, 15) is 15.0 Å². The molecule has 8 unspecified atom stereocenters. The Morgan fingerprint density at radius 1 is 1.03 bits per heavy atom. The summed E-state index contributed by atoms with van der Waals surface area (Å²) in [6, 6.07) is 0. The molecule has 0 saturated heterocycles. The van der Waals surface area contributed by atoms with Gasteiger partial charge in [-0.15, -0.1) is 0 Å². The highest BCUT2D eigenvalue weighted by Crippen LogP contribution is 2.67. The molecule has 0 heterocycles. The Labute approximate surface area is 183 Å². The molecule has 3 nitrogen and oxygen atoms in total. The number of aliphatic hydroxyl groups is 2. The number of fused-ring (bicyclic) bond motifs is 5. The van der Waals surface area contributed by atoms with Crippen LogP contribution in [-0.2, 0) is 4.79 Å². The lowest BCUT2D eigenvalue weighted by molar-refractivity contribution is -0.166. The average molecular weight is 417 g/mol. The van der Waals surface area contributed by atoms with E-state index in [0.717, 1.165) is 37.2 Å². The van der Waals surface area contributed by atoms with Gasteiger partial charge >= 0.3 is 0 Å². The maximum Gasteiger partial charge on any atom is 0.159 e. The van der Waals surface area contributed by atoms with Crippen molar-refractivity contribution in [3.8, 4) is 0 Å². The SMILES string of the molecule is CC(C)CCCC(C)C1CCC2C3=CC(=O)C4CC(O)CCC4(C)C3(O)CCC21C. The van der Waals surface area contributed by atoms with Gasteiger partial charge in [0.1, 0.15) is 0 Å². The lowest BCUT2D eigenvalue weighted by Crippen LogP contribution is -2.63. The van der Waals surface area contributed by atoms with Crippen LogP contribution in [0.1, 0.15) is 98.8 Å². The van der Waals surface area contributed by atoms with E-state index in [1.54, 1.807) is 0 Å². The maximum atomic E-state index is 13.2. The Morgan fingerprint density at radius 2 is 1.77 bits per heavy atom. The largest absolute Gasteiger partial charge is 0.393 e. The van der Waals surface area contributed by atoms with Crippen LogP contribution in [0.2, 0.25) is 0 Å². The molecule has 0 spiro atoms. The van der Waals surface area contributed by atoms with Crippen molar-refractivity contribution in [2.75, 3.05) is 0 Å². The number of allylic oxidation sites excluding steroid dienone is 1. The van der Waals surface area contributed by atoms with Crippen LogP contribution in [-0.4, -0.2) is 27.7 Å². The van der Waals surface area contributed by atoms with E-state index in [1.165, 1.54) is 25.7 Å². The standard InChI is InChI=1S/C27H44O3/c1-17(2)7-6-8-18(3)20-9-10-21-22-16-24(29)23-15-19(28)11-12-26(23,5)27(22,30)14-13-25(20,21)4/h16-21,23,28,30H,6-15H2,1-5H3. The summed E-state index contributed by atoms with van der Waals surface area (Å²) in [6.45, 7) is 11.7. The maximum absolute atomic E-state index is 13.2. The van der Waals surface area contributed by atoms with Crippen molar-refractivity contribution in [3.63, 3.8) is 0 Å². The summed E-state index contributed by atoms with van der Waals surface area (Å²) in [5, 5.41) is 22.3. The van der Waals surface area contributed by atoms with Gasteiger partial charge < -0.3 is 10.2 Å². The van der Waals surface area contributed by atoms with Gasteiger partial charge in [0.15, 0.2) is 5.78 Å². The van der Waals surface area contributed by atoms with E-state index < -0.39 is 17.1 Å². The van der Waals surface area contributed by atoms with Gasteiger partial charge in [-0.2, -0.15) is 0 Å². The van der Waals surface area contributed by atoms with Crippen molar-refractivity contribution >= 4 is 5.78 Å². The smallest absolute Gasteiger partial charge is 0.159 e. The van der Waals surface area contributed by atoms with Gasteiger partial charge in [0.25, 0.3) is 0 Å². The van der Waals surface area contributed by atoms with Crippen LogP contribution in [0.5, 0.6) is 0 Å². The van der Waals surface area contributed by atoms with Gasteiger partial charge in [-0.05, 0) is 85.7 Å². The predicted octanol–water partition coefficient (Wildman–Crippen LogP) is 5.68. The van der Waals surface area contributed by atoms with Gasteiger partial charge in [0, 0.05) is 11.3 Å². The zero-order valence-corrected chi connectivity index (χ0v) is 19.9. The molecular formula is C27H44O3. The lowest BCUT2D eigenvalue weighted by Gasteiger charge is -2.61. The molecule has 2 N–H and O–H groups in total. The van der Waals surface area contributed by atoms with Crippen molar-refractivity contribution in [1.29, 1.82) is 0 Å². The van der Waals surface area contributed by atoms with Crippen LogP contribution in [0.3, 0.4) is 0 Å². The Morgan fingerprint density at radius 3 is 2.47 bits per heavy atom. The number of aliphatic hydroxyl groups excluding tert-OH is 1. The zero-order valence-electron chi connectivity index (χ0n) is 19.9. The molecule has 0 aliphatic heterocycles. The number of rotatable bonds is 5. The second kappa shape index (κ2) is 7.73. The molecule has 3 heteroatoms. The molecule has 3 saturated carbocycles. The first-order chi connectivity index (χ1) is 14.0. The highest BCUT2D eigenvalue weighted by molar-refractivity contribution is 5.95. The van der Waals surface area contributed by atoms with Crippen LogP contribution < -0.4 is 0 Å². The summed E-state index contributed by atoms with van der Waals surface area (Å²) >= 11 is 0. The third kappa shape index (κ3) is 3.25. The zero-order chi connectivity index (χ0) is 21.9. The molecule has 4 rings (SSSR count). The fourth-order valence-corrected chi connectivity index (χ4v) is 8.31. The number of carbonyl (C=O) groups excluding carboxylic acids is 1. The second-order valence-electron chi connectivity index (χ2n) is 12.3. The molecule has 0 amide bonds. The number of hydrogen-bond donors (Lipinski definition) is 2. The third-order valence-electron chi connectivity index (χ3n) is 10.3. The fourth-order valence-electron chi connectivity index (χ4n) is 8.31. The van der Waals surface area contributed by atoms with Crippen LogP contribution in [0.4, 0.5) is 0 Å². The summed E-state index contributed by atoms with van der Waals surface area (Å²) in [5.74, 6) is 2.43. The second-order valence-corrected chi connectivity index (χ2v) is 12.3. The molecule has 0 aromatic heterocycles. The molecule has 170 valence electrons. The van der Waals surface area contributed by atoms with Gasteiger partial charge in [-0.1, -0.05) is 53.9 Å². The van der Waals surface area contributed by atoms with Crippen molar-refractivity contribution < 1.29 is 15.0 Å². The van der Waals surface area contributed by atoms with Crippen LogP contribution >= 0.6 is 0 Å². The third-order valence-corrected chi connectivity index (χ3v) is 10.3. The van der Waals surface area contributed by atoms with Crippen LogP contribution in [0, 0.1) is 40.4 Å². The molecule has 0 aromatic carbocycles. The summed E-state index contributed by atoms with van der Waals surface area (Å²) in [4.78, 5) is 13.2. The monoisotopic (exact) mass is 416 g/mol. The molecule has 0 bridgehead atoms. The minimum atomic E-state index is -0.869. The van der Waals surface area contributed by atoms with Crippen molar-refractivity contribution in [2.45, 2.75) is 111 Å². The Kier molecular flexibility index (Phi) is 5.80. The van der Waals surface area contributed by atoms with Crippen molar-refractivity contribution in [2.24, 2.45) is 40.4 Å². The molecule has 30 heavy (non-hydrogen) atoms. The molecule has 4 aliphatic carbocycles.